The van der Waals surface area contributed by atoms with E-state index in [0.29, 0.717) is 40.7 Å². The Morgan fingerprint density at radius 1 is 1.11 bits per heavy atom. The van der Waals surface area contributed by atoms with E-state index in [9.17, 15) is 14.4 Å². The van der Waals surface area contributed by atoms with Crippen molar-refractivity contribution in [1.82, 2.24) is 10.6 Å². The normalized spacial score (nSPS) is 12.5. The average molecular weight is 387 g/mol. The smallest absolute Gasteiger partial charge is 0.257 e. The van der Waals surface area contributed by atoms with Gasteiger partial charge in [0.2, 0.25) is 11.8 Å². The summed E-state index contributed by atoms with van der Waals surface area (Å²) in [6, 6.07) is 11.9. The van der Waals surface area contributed by atoms with Crippen molar-refractivity contribution < 1.29 is 14.4 Å². The van der Waals surface area contributed by atoms with E-state index in [1.165, 1.54) is 11.8 Å². The van der Waals surface area contributed by atoms with E-state index in [-0.39, 0.29) is 24.3 Å². The Morgan fingerprint density at radius 2 is 1.89 bits per heavy atom. The molecule has 2 aromatic rings. The number of anilines is 3. The lowest BCUT2D eigenvalue weighted by molar-refractivity contribution is -0.119. The molecule has 1 aliphatic heterocycles. The van der Waals surface area contributed by atoms with E-state index >= 15 is 0 Å². The molecule has 0 aliphatic carbocycles. The molecule has 2 aromatic carbocycles. The van der Waals surface area contributed by atoms with Crippen molar-refractivity contribution in [3.63, 3.8) is 0 Å². The third-order valence-electron chi connectivity index (χ3n) is 4.04. The molecule has 0 fully saturated rings. The minimum Gasteiger partial charge on any atom is -0.355 e. The van der Waals surface area contributed by atoms with Crippen LogP contribution in [0.5, 0.6) is 0 Å². The van der Waals surface area contributed by atoms with Crippen molar-refractivity contribution in [2.24, 2.45) is 0 Å². The maximum absolute atomic E-state index is 13.0. The predicted octanol–water partition coefficient (Wildman–Crippen LogP) is 2.30. The first-order valence-electron chi connectivity index (χ1n) is 8.45. The number of carbonyl (C=O) groups is 3. The van der Waals surface area contributed by atoms with Crippen LogP contribution in [0.4, 0.5) is 17.1 Å². The molecule has 0 saturated heterocycles. The number of nitrogens with one attached hydrogen (secondary N) is 3. The second kappa shape index (κ2) is 8.20. The van der Waals surface area contributed by atoms with Crippen LogP contribution in [0.15, 0.2) is 42.5 Å². The number of carbonyl (C=O) groups excluding carboxylic acids is 3. The molecule has 140 valence electrons. The molecule has 0 radical (unpaired) electrons. The van der Waals surface area contributed by atoms with Gasteiger partial charge in [-0.05, 0) is 30.3 Å². The highest BCUT2D eigenvalue weighted by atomic mass is 35.5. The molecule has 7 nitrogen and oxygen atoms in total. The number of hydrogen-bond donors (Lipinski definition) is 3. The molecule has 27 heavy (non-hydrogen) atoms. The topological polar surface area (TPSA) is 90.5 Å². The van der Waals surface area contributed by atoms with Gasteiger partial charge in [0.25, 0.3) is 5.91 Å². The summed E-state index contributed by atoms with van der Waals surface area (Å²) in [5.41, 5.74) is 1.92. The van der Waals surface area contributed by atoms with Gasteiger partial charge in [-0.25, -0.2) is 0 Å². The minimum atomic E-state index is -0.303. The number of para-hydroxylation sites is 1. The molecule has 0 atom stereocenters. The maximum Gasteiger partial charge on any atom is 0.257 e. The minimum absolute atomic E-state index is 0.0458. The van der Waals surface area contributed by atoms with Crippen LogP contribution in [0.25, 0.3) is 0 Å². The van der Waals surface area contributed by atoms with Crippen LogP contribution in [0.2, 0.25) is 5.02 Å². The fourth-order valence-corrected chi connectivity index (χ4v) is 3.03. The summed E-state index contributed by atoms with van der Waals surface area (Å²) in [7, 11) is 0. The van der Waals surface area contributed by atoms with Gasteiger partial charge in [-0.3, -0.25) is 19.3 Å². The Kier molecular flexibility index (Phi) is 5.73. The molecule has 3 rings (SSSR count). The fourth-order valence-electron chi connectivity index (χ4n) is 2.85. The van der Waals surface area contributed by atoms with Crippen molar-refractivity contribution in [2.75, 3.05) is 29.9 Å². The van der Waals surface area contributed by atoms with Crippen LogP contribution in [0.1, 0.15) is 17.3 Å². The number of fused-ring (bicyclic) bond motifs is 2. The van der Waals surface area contributed by atoms with Gasteiger partial charge in [0, 0.05) is 25.0 Å². The summed E-state index contributed by atoms with van der Waals surface area (Å²) in [4.78, 5) is 37.9. The van der Waals surface area contributed by atoms with Crippen molar-refractivity contribution in [2.45, 2.75) is 6.92 Å². The number of nitrogens with zero attached hydrogens (tertiary/aromatic N) is 1. The van der Waals surface area contributed by atoms with Gasteiger partial charge in [-0.1, -0.05) is 23.7 Å². The molecular weight excluding hydrogens is 368 g/mol. The van der Waals surface area contributed by atoms with Crippen molar-refractivity contribution >= 4 is 46.4 Å². The van der Waals surface area contributed by atoms with Crippen molar-refractivity contribution in [1.29, 1.82) is 0 Å². The summed E-state index contributed by atoms with van der Waals surface area (Å²) in [5, 5.41) is 8.93. The van der Waals surface area contributed by atoms with Crippen LogP contribution < -0.4 is 20.9 Å². The SMILES string of the molecule is CC(=O)NCCNCC(=O)N1c2ccc(Cl)cc2NC(=O)c2ccccc21. The Balaban J connectivity index is 1.89. The highest BCUT2D eigenvalue weighted by Gasteiger charge is 2.28. The lowest BCUT2D eigenvalue weighted by Gasteiger charge is -2.24. The molecule has 0 aromatic heterocycles. The lowest BCUT2D eigenvalue weighted by atomic mass is 10.1. The lowest BCUT2D eigenvalue weighted by Crippen LogP contribution is -2.38. The standard InChI is InChI=1S/C19H19ClN4O3/c1-12(25)22-9-8-21-11-18(26)24-16-5-3-2-4-14(16)19(27)23-15-10-13(20)6-7-17(15)24/h2-7,10,21H,8-9,11H2,1H3,(H,22,25)(H,23,27). The van der Waals surface area contributed by atoms with Crippen LogP contribution >= 0.6 is 11.6 Å². The Bertz CT molecular complexity index is 900. The Morgan fingerprint density at radius 3 is 2.67 bits per heavy atom. The van der Waals surface area contributed by atoms with E-state index in [1.54, 1.807) is 42.5 Å². The first kappa shape index (κ1) is 18.9. The molecule has 1 heterocycles. The quantitative estimate of drug-likeness (QED) is 0.688. The van der Waals surface area contributed by atoms with E-state index in [1.807, 2.05) is 0 Å². The van der Waals surface area contributed by atoms with E-state index in [2.05, 4.69) is 16.0 Å². The molecule has 0 unspecified atom stereocenters. The van der Waals surface area contributed by atoms with Crippen LogP contribution in [0.3, 0.4) is 0 Å². The van der Waals surface area contributed by atoms with Gasteiger partial charge in [0.05, 0.1) is 29.2 Å². The zero-order chi connectivity index (χ0) is 19.4. The number of rotatable bonds is 5. The van der Waals surface area contributed by atoms with Gasteiger partial charge in [-0.2, -0.15) is 0 Å². The van der Waals surface area contributed by atoms with Gasteiger partial charge >= 0.3 is 0 Å². The summed E-state index contributed by atoms with van der Waals surface area (Å²) < 4.78 is 0. The van der Waals surface area contributed by atoms with Crippen molar-refractivity contribution in [3.8, 4) is 0 Å². The molecule has 0 spiro atoms. The van der Waals surface area contributed by atoms with Crippen LogP contribution in [-0.4, -0.2) is 37.4 Å². The maximum atomic E-state index is 13.0. The summed E-state index contributed by atoms with van der Waals surface area (Å²) in [6.45, 7) is 2.35. The summed E-state index contributed by atoms with van der Waals surface area (Å²) >= 11 is 6.06. The van der Waals surface area contributed by atoms with Gasteiger partial charge in [0.1, 0.15) is 0 Å². The van der Waals surface area contributed by atoms with Gasteiger partial charge in [-0.15, -0.1) is 0 Å². The Hall–Kier alpha value is -2.90. The number of amides is 3. The monoisotopic (exact) mass is 386 g/mol. The van der Waals surface area contributed by atoms with Crippen LogP contribution in [0, 0.1) is 0 Å². The highest BCUT2D eigenvalue weighted by Crippen LogP contribution is 2.39. The van der Waals surface area contributed by atoms with E-state index in [0.717, 1.165) is 0 Å². The third kappa shape index (κ3) is 4.27. The van der Waals surface area contributed by atoms with Gasteiger partial charge in [0.15, 0.2) is 0 Å². The second-order valence-corrected chi connectivity index (χ2v) is 6.46. The summed E-state index contributed by atoms with van der Waals surface area (Å²) in [5.74, 6) is -0.659. The zero-order valence-electron chi connectivity index (χ0n) is 14.7. The van der Waals surface area contributed by atoms with Crippen molar-refractivity contribution in [3.05, 3.63) is 53.1 Å². The van der Waals surface area contributed by atoms with Gasteiger partial charge < -0.3 is 16.0 Å². The highest BCUT2D eigenvalue weighted by molar-refractivity contribution is 6.31. The number of benzene rings is 2. The summed E-state index contributed by atoms with van der Waals surface area (Å²) in [6.07, 6.45) is 0. The second-order valence-electron chi connectivity index (χ2n) is 6.02. The first-order chi connectivity index (χ1) is 13.0. The average Bonchev–Trinajstić information content (AvgIpc) is 2.75. The predicted molar refractivity (Wildman–Crippen MR) is 105 cm³/mol. The molecule has 8 heteroatoms. The molecular formula is C19H19ClN4O3. The molecule has 3 N–H and O–H groups in total. The molecule has 0 saturated carbocycles. The molecule has 0 bridgehead atoms. The number of hydrogen-bond acceptors (Lipinski definition) is 4. The number of halogens is 1. The van der Waals surface area contributed by atoms with Crippen LogP contribution in [-0.2, 0) is 9.59 Å². The zero-order valence-corrected chi connectivity index (χ0v) is 15.5. The molecule has 3 amide bonds. The fraction of sp³-hybridized carbons (Fsp3) is 0.211. The Labute approximate surface area is 161 Å². The van der Waals surface area contributed by atoms with E-state index in [4.69, 9.17) is 11.6 Å². The van der Waals surface area contributed by atoms with E-state index < -0.39 is 0 Å². The largest absolute Gasteiger partial charge is 0.355 e. The molecule has 1 aliphatic rings. The first-order valence-corrected chi connectivity index (χ1v) is 8.83. The third-order valence-corrected chi connectivity index (χ3v) is 4.27.